The predicted molar refractivity (Wildman–Crippen MR) is 82.6 cm³/mol. The average Bonchev–Trinajstić information content (AvgIpc) is 3.08. The summed E-state index contributed by atoms with van der Waals surface area (Å²) < 4.78 is 3.88. The summed E-state index contributed by atoms with van der Waals surface area (Å²) in [4.78, 5) is 8.90. The largest absolute Gasteiger partial charge is 0.369 e. The normalized spacial score (nSPS) is 11.0. The van der Waals surface area contributed by atoms with E-state index >= 15 is 0 Å². The molecule has 0 aromatic carbocycles. The molecule has 7 nitrogen and oxygen atoms in total. The van der Waals surface area contributed by atoms with Gasteiger partial charge in [0.2, 0.25) is 0 Å². The van der Waals surface area contributed by atoms with E-state index < -0.39 is 0 Å². The van der Waals surface area contributed by atoms with E-state index in [1.807, 2.05) is 47.7 Å². The van der Waals surface area contributed by atoms with Crippen molar-refractivity contribution in [2.45, 2.75) is 20.4 Å². The Bertz CT molecular complexity index is 728. The Morgan fingerprint density at radius 2 is 2.14 bits per heavy atom. The van der Waals surface area contributed by atoms with E-state index in [0.717, 1.165) is 42.5 Å². The van der Waals surface area contributed by atoms with Crippen LogP contribution in [-0.2, 0) is 6.54 Å². The highest BCUT2D eigenvalue weighted by molar-refractivity contribution is 5.65. The van der Waals surface area contributed by atoms with Crippen molar-refractivity contribution in [1.82, 2.24) is 24.1 Å². The van der Waals surface area contributed by atoms with Gasteiger partial charge in [-0.2, -0.15) is 5.10 Å². The van der Waals surface area contributed by atoms with Gasteiger partial charge in [0.15, 0.2) is 11.5 Å². The van der Waals surface area contributed by atoms with Gasteiger partial charge in [0, 0.05) is 31.7 Å². The second-order valence-corrected chi connectivity index (χ2v) is 4.87. The third kappa shape index (κ3) is 2.96. The summed E-state index contributed by atoms with van der Waals surface area (Å²) >= 11 is 0. The first-order valence-electron chi connectivity index (χ1n) is 7.07. The van der Waals surface area contributed by atoms with Gasteiger partial charge in [-0.1, -0.05) is 0 Å². The maximum absolute atomic E-state index is 4.56. The Kier molecular flexibility index (Phi) is 3.72. The topological polar surface area (TPSA) is 72.1 Å². The average molecular weight is 285 g/mol. The fraction of sp³-hybridized carbons (Fsp3) is 0.357. The Morgan fingerprint density at radius 3 is 2.90 bits per heavy atom. The molecule has 0 bridgehead atoms. The van der Waals surface area contributed by atoms with Crippen molar-refractivity contribution in [3.8, 4) is 0 Å². The molecule has 0 unspecified atom stereocenters. The molecule has 0 aliphatic rings. The minimum Gasteiger partial charge on any atom is -0.369 e. The van der Waals surface area contributed by atoms with Gasteiger partial charge in [0.1, 0.15) is 5.82 Å². The van der Waals surface area contributed by atoms with Crippen molar-refractivity contribution in [3.05, 3.63) is 36.5 Å². The van der Waals surface area contributed by atoms with Gasteiger partial charge in [-0.05, 0) is 19.4 Å². The maximum atomic E-state index is 4.56. The molecule has 3 aromatic rings. The molecule has 7 heteroatoms. The molecule has 0 saturated carbocycles. The van der Waals surface area contributed by atoms with Crippen LogP contribution in [-0.4, -0.2) is 37.2 Å². The highest BCUT2D eigenvalue weighted by atomic mass is 15.3. The first-order chi connectivity index (χ1) is 10.3. The summed E-state index contributed by atoms with van der Waals surface area (Å²) in [6.45, 7) is 6.44. The van der Waals surface area contributed by atoms with Crippen LogP contribution in [0, 0.1) is 6.92 Å². The number of aromatic nitrogens is 5. The molecule has 21 heavy (non-hydrogen) atoms. The highest BCUT2D eigenvalue weighted by Crippen LogP contribution is 2.16. The number of fused-ring (bicyclic) bond motifs is 1. The van der Waals surface area contributed by atoms with Crippen LogP contribution in [0.2, 0.25) is 0 Å². The summed E-state index contributed by atoms with van der Waals surface area (Å²) in [6.07, 6.45) is 9.51. The SMILES string of the molecule is CCNc1cn2ccnc2c(NCCn2cc(C)cn2)n1. The quantitative estimate of drug-likeness (QED) is 0.722. The fourth-order valence-electron chi connectivity index (χ4n) is 2.19. The van der Waals surface area contributed by atoms with Gasteiger partial charge >= 0.3 is 0 Å². The molecule has 0 fully saturated rings. The number of nitrogens with zero attached hydrogens (tertiary/aromatic N) is 5. The molecule has 110 valence electrons. The second-order valence-electron chi connectivity index (χ2n) is 4.87. The number of nitrogens with one attached hydrogen (secondary N) is 2. The molecular weight excluding hydrogens is 266 g/mol. The molecular formula is C14H19N7. The molecule has 0 amide bonds. The lowest BCUT2D eigenvalue weighted by atomic mass is 10.4. The van der Waals surface area contributed by atoms with Gasteiger partial charge in [-0.3, -0.25) is 4.68 Å². The van der Waals surface area contributed by atoms with E-state index in [1.54, 1.807) is 6.20 Å². The van der Waals surface area contributed by atoms with Crippen LogP contribution < -0.4 is 10.6 Å². The molecule has 3 rings (SSSR count). The Balaban J connectivity index is 1.74. The molecule has 2 N–H and O–H groups in total. The van der Waals surface area contributed by atoms with E-state index in [9.17, 15) is 0 Å². The standard InChI is InChI=1S/C14H19N7/c1-3-15-12-10-20-6-4-17-14(20)13(19-12)16-5-7-21-9-11(2)8-18-21/h4,6,8-10,15H,3,5,7H2,1-2H3,(H,16,19). The van der Waals surface area contributed by atoms with E-state index in [4.69, 9.17) is 0 Å². The van der Waals surface area contributed by atoms with Gasteiger partial charge in [-0.25, -0.2) is 9.97 Å². The molecule has 3 heterocycles. The summed E-state index contributed by atoms with van der Waals surface area (Å²) in [5.74, 6) is 1.61. The van der Waals surface area contributed by atoms with Crippen molar-refractivity contribution >= 4 is 17.3 Å². The van der Waals surface area contributed by atoms with Crippen LogP contribution in [0.5, 0.6) is 0 Å². The van der Waals surface area contributed by atoms with Crippen LogP contribution in [0.1, 0.15) is 12.5 Å². The zero-order valence-corrected chi connectivity index (χ0v) is 12.2. The second kappa shape index (κ2) is 5.82. The first kappa shape index (κ1) is 13.4. The van der Waals surface area contributed by atoms with Crippen LogP contribution >= 0.6 is 0 Å². The van der Waals surface area contributed by atoms with Gasteiger partial charge < -0.3 is 15.0 Å². The Hall–Kier alpha value is -2.57. The lowest BCUT2D eigenvalue weighted by Crippen LogP contribution is -2.13. The molecule has 0 aliphatic heterocycles. The monoisotopic (exact) mass is 285 g/mol. The predicted octanol–water partition coefficient (Wildman–Crippen LogP) is 1.78. The molecule has 0 spiro atoms. The lowest BCUT2D eigenvalue weighted by molar-refractivity contribution is 0.637. The zero-order chi connectivity index (χ0) is 14.7. The van der Waals surface area contributed by atoms with E-state index in [0.29, 0.717) is 0 Å². The highest BCUT2D eigenvalue weighted by Gasteiger charge is 2.06. The Morgan fingerprint density at radius 1 is 1.24 bits per heavy atom. The third-order valence-electron chi connectivity index (χ3n) is 3.13. The van der Waals surface area contributed by atoms with Crippen molar-refractivity contribution < 1.29 is 0 Å². The van der Waals surface area contributed by atoms with E-state index in [2.05, 4.69) is 25.7 Å². The van der Waals surface area contributed by atoms with Crippen molar-refractivity contribution in [1.29, 1.82) is 0 Å². The molecule has 0 radical (unpaired) electrons. The van der Waals surface area contributed by atoms with Gasteiger partial charge in [0.25, 0.3) is 0 Å². The van der Waals surface area contributed by atoms with Crippen LogP contribution in [0.15, 0.2) is 31.0 Å². The molecule has 0 saturated heterocycles. The molecule has 0 aliphatic carbocycles. The van der Waals surface area contributed by atoms with Crippen LogP contribution in [0.3, 0.4) is 0 Å². The number of hydrogen-bond donors (Lipinski definition) is 2. The fourth-order valence-corrected chi connectivity index (χ4v) is 2.19. The van der Waals surface area contributed by atoms with Crippen LogP contribution in [0.25, 0.3) is 5.65 Å². The zero-order valence-electron chi connectivity index (χ0n) is 12.2. The maximum Gasteiger partial charge on any atom is 0.180 e. The minimum absolute atomic E-state index is 0.742. The van der Waals surface area contributed by atoms with Crippen molar-refractivity contribution in [3.63, 3.8) is 0 Å². The Labute approximate surface area is 123 Å². The van der Waals surface area contributed by atoms with Gasteiger partial charge in [-0.15, -0.1) is 0 Å². The molecule has 0 atom stereocenters. The van der Waals surface area contributed by atoms with E-state index in [-0.39, 0.29) is 0 Å². The number of aryl methyl sites for hydroxylation is 1. The third-order valence-corrected chi connectivity index (χ3v) is 3.13. The number of imidazole rings is 1. The van der Waals surface area contributed by atoms with Crippen molar-refractivity contribution in [2.24, 2.45) is 0 Å². The van der Waals surface area contributed by atoms with Crippen LogP contribution in [0.4, 0.5) is 11.6 Å². The van der Waals surface area contributed by atoms with Crippen molar-refractivity contribution in [2.75, 3.05) is 23.7 Å². The smallest absolute Gasteiger partial charge is 0.180 e. The summed E-state index contributed by atoms with van der Waals surface area (Å²) in [5.41, 5.74) is 1.99. The summed E-state index contributed by atoms with van der Waals surface area (Å²) in [6, 6.07) is 0. The number of anilines is 2. The summed E-state index contributed by atoms with van der Waals surface area (Å²) in [5, 5.41) is 10.8. The van der Waals surface area contributed by atoms with Gasteiger partial charge in [0.05, 0.1) is 18.9 Å². The molecule has 3 aromatic heterocycles. The lowest BCUT2D eigenvalue weighted by Gasteiger charge is -2.10. The first-order valence-corrected chi connectivity index (χ1v) is 7.07. The van der Waals surface area contributed by atoms with E-state index in [1.165, 1.54) is 0 Å². The number of rotatable bonds is 6. The number of hydrogen-bond acceptors (Lipinski definition) is 5. The summed E-state index contributed by atoms with van der Waals surface area (Å²) in [7, 11) is 0. The minimum atomic E-state index is 0.742.